The fourth-order valence-electron chi connectivity index (χ4n) is 6.80. The van der Waals surface area contributed by atoms with Gasteiger partial charge >= 0.3 is 0 Å². The van der Waals surface area contributed by atoms with E-state index in [1.807, 2.05) is 38.1 Å². The van der Waals surface area contributed by atoms with Crippen LogP contribution in [0.1, 0.15) is 40.9 Å². The van der Waals surface area contributed by atoms with E-state index in [0.29, 0.717) is 24.3 Å². The summed E-state index contributed by atoms with van der Waals surface area (Å²) in [5.74, 6) is -1.48. The lowest BCUT2D eigenvalue weighted by molar-refractivity contribution is -0.141. The van der Waals surface area contributed by atoms with Gasteiger partial charge in [0.15, 0.2) is 0 Å². The third-order valence-corrected chi connectivity index (χ3v) is 9.80. The van der Waals surface area contributed by atoms with Gasteiger partial charge in [-0.05, 0) is 59.0 Å². The van der Waals surface area contributed by atoms with Crippen LogP contribution in [0.5, 0.6) is 11.5 Å². The number of aromatic amines is 1. The van der Waals surface area contributed by atoms with Crippen molar-refractivity contribution in [1.29, 1.82) is 0 Å². The van der Waals surface area contributed by atoms with Gasteiger partial charge in [-0.1, -0.05) is 44.2 Å². The largest absolute Gasteiger partial charge is 0.493 e. The first-order valence-electron chi connectivity index (χ1n) is 18.6. The second kappa shape index (κ2) is 18.0. The predicted molar refractivity (Wildman–Crippen MR) is 205 cm³/mol. The number of carbonyl (C=O) groups excluding carboxylic acids is 5. The molecule has 3 aliphatic rings. The van der Waals surface area contributed by atoms with Crippen molar-refractivity contribution in [2.24, 2.45) is 5.92 Å². The Kier molecular flexibility index (Phi) is 12.7. The first kappa shape index (κ1) is 38.8. The second-order valence-corrected chi connectivity index (χ2v) is 14.1. The Morgan fingerprint density at radius 1 is 0.964 bits per heavy atom. The molecule has 14 heteroatoms. The second-order valence-electron chi connectivity index (χ2n) is 14.1. The molecule has 3 atom stereocenters. The van der Waals surface area contributed by atoms with Crippen molar-refractivity contribution >= 4 is 40.4 Å². The van der Waals surface area contributed by atoms with E-state index in [4.69, 9.17) is 14.2 Å². The number of fused-ring (bicyclic) bond motifs is 19. The first-order chi connectivity index (χ1) is 26.6. The Labute approximate surface area is 319 Å². The highest BCUT2D eigenvalue weighted by molar-refractivity contribution is 5.99. The van der Waals surface area contributed by atoms with E-state index in [9.17, 15) is 24.0 Å². The Morgan fingerprint density at radius 3 is 2.55 bits per heavy atom. The average Bonchev–Trinajstić information content (AvgIpc) is 3.83. The number of H-pyrrole nitrogens is 1. The summed E-state index contributed by atoms with van der Waals surface area (Å²) in [6.07, 6.45) is 2.64. The van der Waals surface area contributed by atoms with Crippen molar-refractivity contribution in [3.8, 4) is 11.5 Å². The minimum absolute atomic E-state index is 0.0352. The standard InChI is InChI=1S/C41H48N6O8/c1-25(2)37-40(51)42-15-18-54-30-11-8-26(9-12-30)20-33(44-38(49)28-10-13-35-27(21-28)14-17-55-35)39(50)45-34(22-29-23-43-32-7-5-4-6-31(29)32)41(52)47(16-19-53-3)24-36(48)46-37/h4-13,21,23,25,33-34,37,43H,14-20,22,24H2,1-3H3,(H,42,51)(H,44,49)(H,45,50)(H,46,48)/t33-,34-,37-/m0/s1. The first-order valence-corrected chi connectivity index (χ1v) is 18.6. The van der Waals surface area contributed by atoms with Crippen molar-refractivity contribution in [2.75, 3.05) is 46.6 Å². The average molecular weight is 753 g/mol. The van der Waals surface area contributed by atoms with Gasteiger partial charge in [0.05, 0.1) is 26.3 Å². The quantitative estimate of drug-likeness (QED) is 0.170. The zero-order valence-corrected chi connectivity index (χ0v) is 31.3. The van der Waals surface area contributed by atoms with Gasteiger partial charge in [0, 0.05) is 55.6 Å². The minimum atomic E-state index is -1.15. The van der Waals surface area contributed by atoms with Crippen LogP contribution >= 0.6 is 0 Å². The summed E-state index contributed by atoms with van der Waals surface area (Å²) in [4.78, 5) is 74.0. The van der Waals surface area contributed by atoms with Gasteiger partial charge in [-0.2, -0.15) is 0 Å². The number of benzene rings is 3. The summed E-state index contributed by atoms with van der Waals surface area (Å²) in [6.45, 7) is 4.29. The molecule has 5 amide bonds. The number of nitrogens with zero attached hydrogens (tertiary/aromatic N) is 1. The fourth-order valence-corrected chi connectivity index (χ4v) is 6.80. The molecule has 5 N–H and O–H groups in total. The Morgan fingerprint density at radius 2 is 1.76 bits per heavy atom. The molecule has 0 saturated carbocycles. The lowest BCUT2D eigenvalue weighted by Gasteiger charge is -2.30. The Balaban J connectivity index is 1.35. The number of aromatic nitrogens is 1. The fraction of sp³-hybridized carbons (Fsp3) is 0.390. The molecule has 55 heavy (non-hydrogen) atoms. The van der Waals surface area contributed by atoms with Crippen molar-refractivity contribution in [1.82, 2.24) is 31.2 Å². The summed E-state index contributed by atoms with van der Waals surface area (Å²) in [7, 11) is 1.49. The van der Waals surface area contributed by atoms with Crippen LogP contribution in [-0.4, -0.2) is 104 Å². The lowest BCUT2D eigenvalue weighted by atomic mass is 10.0. The number of hydrogen-bond donors (Lipinski definition) is 5. The highest BCUT2D eigenvalue weighted by Crippen LogP contribution is 2.26. The highest BCUT2D eigenvalue weighted by atomic mass is 16.5. The van der Waals surface area contributed by atoms with E-state index in [1.165, 1.54) is 12.0 Å². The van der Waals surface area contributed by atoms with Crippen LogP contribution in [0.3, 0.4) is 0 Å². The van der Waals surface area contributed by atoms with Crippen LogP contribution in [0, 0.1) is 5.92 Å². The molecule has 290 valence electrons. The molecular formula is C41H48N6O8. The molecule has 0 radical (unpaired) electrons. The maximum Gasteiger partial charge on any atom is 0.251 e. The molecule has 0 saturated heterocycles. The lowest BCUT2D eigenvalue weighted by Crippen LogP contribution is -2.58. The molecule has 0 aliphatic carbocycles. The van der Waals surface area contributed by atoms with Gasteiger partial charge in [-0.3, -0.25) is 24.0 Å². The maximum atomic E-state index is 14.6. The van der Waals surface area contributed by atoms with Crippen LogP contribution in [0.25, 0.3) is 10.9 Å². The number of carbonyl (C=O) groups is 5. The van der Waals surface area contributed by atoms with Crippen LogP contribution in [0.4, 0.5) is 0 Å². The van der Waals surface area contributed by atoms with Crippen LogP contribution in [0.2, 0.25) is 0 Å². The molecule has 0 fully saturated rings. The normalized spacial score (nSPS) is 19.9. The van der Waals surface area contributed by atoms with Gasteiger partial charge < -0.3 is 45.4 Å². The van der Waals surface area contributed by atoms with E-state index >= 15 is 0 Å². The van der Waals surface area contributed by atoms with Crippen molar-refractivity contribution in [3.05, 3.63) is 95.2 Å². The van der Waals surface area contributed by atoms with E-state index in [1.54, 1.807) is 48.7 Å². The summed E-state index contributed by atoms with van der Waals surface area (Å²) in [6, 6.07) is 16.8. The number of methoxy groups -OCH3 is 1. The van der Waals surface area contributed by atoms with Gasteiger partial charge in [0.25, 0.3) is 5.91 Å². The number of amides is 5. The van der Waals surface area contributed by atoms with E-state index < -0.39 is 48.3 Å². The molecular weight excluding hydrogens is 704 g/mol. The number of hydrogen-bond acceptors (Lipinski definition) is 8. The smallest absolute Gasteiger partial charge is 0.251 e. The molecule has 0 unspecified atom stereocenters. The zero-order valence-electron chi connectivity index (χ0n) is 31.3. The van der Waals surface area contributed by atoms with E-state index in [2.05, 4.69) is 26.3 Å². The highest BCUT2D eigenvalue weighted by Gasteiger charge is 2.33. The molecule has 2 bridgehead atoms. The van der Waals surface area contributed by atoms with Crippen LogP contribution in [-0.2, 0) is 43.2 Å². The van der Waals surface area contributed by atoms with Gasteiger partial charge in [-0.25, -0.2) is 0 Å². The van der Waals surface area contributed by atoms with E-state index in [0.717, 1.165) is 33.3 Å². The Bertz CT molecular complexity index is 2010. The van der Waals surface area contributed by atoms with Crippen LogP contribution < -0.4 is 30.7 Å². The maximum absolute atomic E-state index is 14.6. The summed E-state index contributed by atoms with van der Waals surface area (Å²) in [5.41, 5.74) is 3.65. The van der Waals surface area contributed by atoms with E-state index in [-0.39, 0.29) is 51.0 Å². The number of nitrogens with one attached hydrogen (secondary N) is 5. The van der Waals surface area contributed by atoms with Gasteiger partial charge in [0.1, 0.15) is 36.2 Å². The number of para-hydroxylation sites is 1. The zero-order chi connectivity index (χ0) is 38.9. The predicted octanol–water partition coefficient (Wildman–Crippen LogP) is 2.30. The van der Waals surface area contributed by atoms with Crippen LogP contribution in [0.15, 0.2) is 72.9 Å². The summed E-state index contributed by atoms with van der Waals surface area (Å²) < 4.78 is 16.8. The molecule has 0 spiro atoms. The topological polar surface area (TPSA) is 180 Å². The molecule has 4 heterocycles. The molecule has 4 aromatic rings. The minimum Gasteiger partial charge on any atom is -0.493 e. The third kappa shape index (κ3) is 9.81. The third-order valence-electron chi connectivity index (χ3n) is 9.80. The van der Waals surface area contributed by atoms with Crippen molar-refractivity contribution in [3.63, 3.8) is 0 Å². The molecule has 1 aromatic heterocycles. The number of rotatable bonds is 8. The van der Waals surface area contributed by atoms with Crippen molar-refractivity contribution in [2.45, 2.75) is 51.2 Å². The molecule has 3 aromatic carbocycles. The Hall–Kier alpha value is -5.89. The number of ether oxygens (including phenoxy) is 3. The van der Waals surface area contributed by atoms with Crippen molar-refractivity contribution < 1.29 is 38.2 Å². The summed E-state index contributed by atoms with van der Waals surface area (Å²) >= 11 is 0. The summed E-state index contributed by atoms with van der Waals surface area (Å²) in [5, 5.41) is 12.4. The SMILES string of the molecule is COCCN1CC(=O)N[C@@H](C(C)C)C(=O)NCCOc2ccc(cc2)C[C@H](NC(=O)c2ccc3c(c2)CCO3)C(=O)N[C@@H](Cc2c[nH]c3ccccc23)C1=O. The molecule has 3 aliphatic heterocycles. The molecule has 14 nitrogen and oxygen atoms in total. The van der Waals surface area contributed by atoms with Gasteiger partial charge in [0.2, 0.25) is 23.6 Å². The monoisotopic (exact) mass is 752 g/mol. The van der Waals surface area contributed by atoms with Gasteiger partial charge in [-0.15, -0.1) is 0 Å². The molecule has 7 rings (SSSR count).